The van der Waals surface area contributed by atoms with Crippen LogP contribution in [0.5, 0.6) is 0 Å². The molecule has 1 amide bonds. The van der Waals surface area contributed by atoms with E-state index in [2.05, 4.69) is 31.2 Å². The lowest BCUT2D eigenvalue weighted by atomic mass is 10.3. The van der Waals surface area contributed by atoms with Gasteiger partial charge in [0.25, 0.3) is 5.91 Å². The molecule has 0 spiro atoms. The minimum Gasteiger partial charge on any atom is -0.379 e. The van der Waals surface area contributed by atoms with Gasteiger partial charge in [0.1, 0.15) is 0 Å². The normalized spacial score (nSPS) is 16.4. The van der Waals surface area contributed by atoms with Gasteiger partial charge in [-0.2, -0.15) is 5.10 Å². The third kappa shape index (κ3) is 3.80. The molecule has 1 fully saturated rings. The zero-order chi connectivity index (χ0) is 14.5. The Balaban J connectivity index is 1.73. The van der Waals surface area contributed by atoms with Crippen molar-refractivity contribution in [1.29, 1.82) is 0 Å². The van der Waals surface area contributed by atoms with Gasteiger partial charge in [0, 0.05) is 26.7 Å². The molecule has 0 unspecified atom stereocenters. The summed E-state index contributed by atoms with van der Waals surface area (Å²) in [6, 6.07) is 0. The molecule has 0 saturated carbocycles. The molecule has 0 bridgehead atoms. The second kappa shape index (κ2) is 7.19. The maximum atomic E-state index is 12.0. The van der Waals surface area contributed by atoms with Crippen molar-refractivity contribution < 1.29 is 9.53 Å². The SMILES string of the molecule is Cc1c(Br)c(C(=O)NCCCN2CCOCC2)nn1C. The summed E-state index contributed by atoms with van der Waals surface area (Å²) in [6.45, 7) is 7.17. The summed E-state index contributed by atoms with van der Waals surface area (Å²) in [5.74, 6) is -0.123. The van der Waals surface area contributed by atoms with Crippen LogP contribution in [0.25, 0.3) is 0 Å². The summed E-state index contributed by atoms with van der Waals surface area (Å²) >= 11 is 3.41. The van der Waals surface area contributed by atoms with E-state index < -0.39 is 0 Å². The Bertz CT molecular complexity index is 469. The lowest BCUT2D eigenvalue weighted by Gasteiger charge is -2.26. The first-order valence-corrected chi connectivity index (χ1v) is 7.66. The third-order valence-electron chi connectivity index (χ3n) is 3.52. The van der Waals surface area contributed by atoms with Crippen LogP contribution in [0.1, 0.15) is 22.6 Å². The molecule has 1 aliphatic heterocycles. The number of aryl methyl sites for hydroxylation is 1. The number of nitrogens with zero attached hydrogens (tertiary/aromatic N) is 3. The molecule has 0 radical (unpaired) electrons. The molecule has 20 heavy (non-hydrogen) atoms. The standard InChI is InChI=1S/C13H21BrN4O2/c1-10-11(14)12(16-17(10)2)13(19)15-4-3-5-18-6-8-20-9-7-18/h3-9H2,1-2H3,(H,15,19). The van der Waals surface area contributed by atoms with Crippen molar-refractivity contribution in [1.82, 2.24) is 20.0 Å². The Kier molecular flexibility index (Phi) is 5.56. The van der Waals surface area contributed by atoms with E-state index in [1.807, 2.05) is 14.0 Å². The number of hydrogen-bond acceptors (Lipinski definition) is 4. The second-order valence-electron chi connectivity index (χ2n) is 4.94. The Morgan fingerprint density at radius 1 is 1.45 bits per heavy atom. The molecule has 0 atom stereocenters. The van der Waals surface area contributed by atoms with E-state index in [1.165, 1.54) is 0 Å². The highest BCUT2D eigenvalue weighted by atomic mass is 79.9. The molecule has 0 aromatic carbocycles. The average Bonchev–Trinajstić information content (AvgIpc) is 2.72. The molecule has 2 rings (SSSR count). The van der Waals surface area contributed by atoms with E-state index in [9.17, 15) is 4.79 Å². The van der Waals surface area contributed by atoms with Gasteiger partial charge in [0.2, 0.25) is 0 Å². The minimum absolute atomic E-state index is 0.123. The van der Waals surface area contributed by atoms with E-state index in [0.717, 1.165) is 49.4 Å². The van der Waals surface area contributed by atoms with E-state index >= 15 is 0 Å². The number of ether oxygens (including phenoxy) is 1. The van der Waals surface area contributed by atoms with Gasteiger partial charge in [-0.05, 0) is 35.8 Å². The van der Waals surface area contributed by atoms with Gasteiger partial charge in [-0.25, -0.2) is 0 Å². The number of aromatic nitrogens is 2. The summed E-state index contributed by atoms with van der Waals surface area (Å²) < 4.78 is 7.77. The Morgan fingerprint density at radius 2 is 2.15 bits per heavy atom. The molecule has 1 aliphatic rings. The number of hydrogen-bond donors (Lipinski definition) is 1. The van der Waals surface area contributed by atoms with Crippen molar-refractivity contribution in [3.63, 3.8) is 0 Å². The van der Waals surface area contributed by atoms with Gasteiger partial charge in [-0.15, -0.1) is 0 Å². The zero-order valence-corrected chi connectivity index (χ0v) is 13.6. The summed E-state index contributed by atoms with van der Waals surface area (Å²) in [5.41, 5.74) is 1.40. The first kappa shape index (κ1) is 15.5. The molecule has 2 heterocycles. The van der Waals surface area contributed by atoms with Gasteiger partial charge in [-0.3, -0.25) is 14.4 Å². The van der Waals surface area contributed by atoms with Crippen LogP contribution < -0.4 is 5.32 Å². The lowest BCUT2D eigenvalue weighted by Crippen LogP contribution is -2.38. The molecule has 1 N–H and O–H groups in total. The summed E-state index contributed by atoms with van der Waals surface area (Å²) in [4.78, 5) is 14.4. The Labute approximate surface area is 127 Å². The number of rotatable bonds is 5. The maximum Gasteiger partial charge on any atom is 0.272 e. The van der Waals surface area contributed by atoms with Crippen LogP contribution in [-0.4, -0.2) is 60.0 Å². The van der Waals surface area contributed by atoms with Crippen LogP contribution in [0.4, 0.5) is 0 Å². The molecular weight excluding hydrogens is 324 g/mol. The smallest absolute Gasteiger partial charge is 0.272 e. The Morgan fingerprint density at radius 3 is 2.75 bits per heavy atom. The number of amides is 1. The number of carbonyl (C=O) groups excluding carboxylic acids is 1. The fourth-order valence-corrected chi connectivity index (χ4v) is 2.66. The number of morpholine rings is 1. The fourth-order valence-electron chi connectivity index (χ4n) is 2.14. The second-order valence-corrected chi connectivity index (χ2v) is 5.73. The Hall–Kier alpha value is -0.920. The molecule has 112 valence electrons. The maximum absolute atomic E-state index is 12.0. The molecule has 1 saturated heterocycles. The van der Waals surface area contributed by atoms with Gasteiger partial charge in [-0.1, -0.05) is 0 Å². The van der Waals surface area contributed by atoms with Gasteiger partial charge < -0.3 is 10.1 Å². The predicted molar refractivity (Wildman–Crippen MR) is 79.9 cm³/mol. The molecule has 0 aliphatic carbocycles. The van der Waals surface area contributed by atoms with Crippen molar-refractivity contribution in [2.75, 3.05) is 39.4 Å². The number of carbonyl (C=O) groups is 1. The predicted octanol–water partition coefficient (Wildman–Crippen LogP) is 0.943. The van der Waals surface area contributed by atoms with Gasteiger partial charge in [0.15, 0.2) is 5.69 Å². The van der Waals surface area contributed by atoms with Crippen LogP contribution >= 0.6 is 15.9 Å². The van der Waals surface area contributed by atoms with Gasteiger partial charge in [0.05, 0.1) is 23.4 Å². The third-order valence-corrected chi connectivity index (χ3v) is 4.47. The molecule has 7 heteroatoms. The van der Waals surface area contributed by atoms with Crippen LogP contribution in [0.3, 0.4) is 0 Å². The molecular formula is C13H21BrN4O2. The fraction of sp³-hybridized carbons (Fsp3) is 0.692. The van der Waals surface area contributed by atoms with Crippen LogP contribution in [0.15, 0.2) is 4.47 Å². The average molecular weight is 345 g/mol. The quantitative estimate of drug-likeness (QED) is 0.807. The van der Waals surface area contributed by atoms with Crippen molar-refractivity contribution in [3.05, 3.63) is 15.9 Å². The molecule has 6 nitrogen and oxygen atoms in total. The largest absolute Gasteiger partial charge is 0.379 e. The highest BCUT2D eigenvalue weighted by molar-refractivity contribution is 9.10. The zero-order valence-electron chi connectivity index (χ0n) is 12.0. The van der Waals surface area contributed by atoms with Crippen LogP contribution in [-0.2, 0) is 11.8 Å². The van der Waals surface area contributed by atoms with Crippen LogP contribution in [0, 0.1) is 6.92 Å². The first-order valence-electron chi connectivity index (χ1n) is 6.87. The summed E-state index contributed by atoms with van der Waals surface area (Å²) in [6.07, 6.45) is 0.940. The minimum atomic E-state index is -0.123. The van der Waals surface area contributed by atoms with Crippen molar-refractivity contribution in [2.45, 2.75) is 13.3 Å². The summed E-state index contributed by atoms with van der Waals surface area (Å²) in [5, 5.41) is 7.13. The van der Waals surface area contributed by atoms with E-state index in [0.29, 0.717) is 12.2 Å². The highest BCUT2D eigenvalue weighted by Gasteiger charge is 2.17. The van der Waals surface area contributed by atoms with Crippen molar-refractivity contribution in [2.24, 2.45) is 7.05 Å². The van der Waals surface area contributed by atoms with Crippen LogP contribution in [0.2, 0.25) is 0 Å². The monoisotopic (exact) mass is 344 g/mol. The summed E-state index contributed by atoms with van der Waals surface area (Å²) in [7, 11) is 1.83. The first-order chi connectivity index (χ1) is 9.59. The number of halogens is 1. The lowest BCUT2D eigenvalue weighted by molar-refractivity contribution is 0.0374. The van der Waals surface area contributed by atoms with Crippen molar-refractivity contribution in [3.8, 4) is 0 Å². The topological polar surface area (TPSA) is 59.4 Å². The molecule has 1 aromatic rings. The van der Waals surface area contributed by atoms with E-state index in [-0.39, 0.29) is 5.91 Å². The van der Waals surface area contributed by atoms with E-state index in [1.54, 1.807) is 4.68 Å². The molecule has 1 aromatic heterocycles. The van der Waals surface area contributed by atoms with Gasteiger partial charge >= 0.3 is 0 Å². The highest BCUT2D eigenvalue weighted by Crippen LogP contribution is 2.19. The number of nitrogens with one attached hydrogen (secondary N) is 1. The van der Waals surface area contributed by atoms with Crippen molar-refractivity contribution >= 4 is 21.8 Å². The van der Waals surface area contributed by atoms with E-state index in [4.69, 9.17) is 4.74 Å².